The lowest BCUT2D eigenvalue weighted by Crippen LogP contribution is -2.32. The number of pyridine rings is 1. The first-order valence-electron chi connectivity index (χ1n) is 8.26. The molecule has 1 heterocycles. The average molecular weight is 327 g/mol. The van der Waals surface area contributed by atoms with Gasteiger partial charge in [0.25, 0.3) is 5.91 Å². The van der Waals surface area contributed by atoms with Crippen molar-refractivity contribution in [2.24, 2.45) is 0 Å². The predicted octanol–water partition coefficient (Wildman–Crippen LogP) is 3.27. The van der Waals surface area contributed by atoms with Crippen LogP contribution in [-0.2, 0) is 6.42 Å². The summed E-state index contributed by atoms with van der Waals surface area (Å²) in [6.45, 7) is 4.80. The first-order chi connectivity index (χ1) is 11.6. The summed E-state index contributed by atoms with van der Waals surface area (Å²) in [6.07, 6.45) is 3.47. The van der Waals surface area contributed by atoms with Gasteiger partial charge in [0.05, 0.1) is 19.0 Å². The van der Waals surface area contributed by atoms with Gasteiger partial charge in [-0.25, -0.2) is 4.98 Å². The van der Waals surface area contributed by atoms with Crippen LogP contribution >= 0.6 is 0 Å². The molecule has 24 heavy (non-hydrogen) atoms. The highest BCUT2D eigenvalue weighted by Gasteiger charge is 2.09. The van der Waals surface area contributed by atoms with E-state index in [1.807, 2.05) is 38.1 Å². The van der Waals surface area contributed by atoms with Gasteiger partial charge in [-0.1, -0.05) is 19.1 Å². The molecule has 2 aromatic rings. The van der Waals surface area contributed by atoms with Crippen LogP contribution in [0.4, 0.5) is 5.69 Å². The van der Waals surface area contributed by atoms with E-state index in [4.69, 9.17) is 4.74 Å². The van der Waals surface area contributed by atoms with Crippen molar-refractivity contribution in [3.63, 3.8) is 0 Å². The Labute approximate surface area is 143 Å². The Balaban J connectivity index is 1.84. The number of nitrogens with one attached hydrogen (secondary N) is 2. The summed E-state index contributed by atoms with van der Waals surface area (Å²) in [7, 11) is 1.67. The smallest absolute Gasteiger partial charge is 0.270 e. The van der Waals surface area contributed by atoms with Crippen molar-refractivity contribution in [3.8, 4) is 5.75 Å². The summed E-state index contributed by atoms with van der Waals surface area (Å²) in [6, 6.07) is 11.8. The molecule has 0 spiro atoms. The number of carbonyl (C=O) groups excluding carboxylic acids is 1. The van der Waals surface area contributed by atoms with Crippen molar-refractivity contribution in [1.82, 2.24) is 10.3 Å². The fourth-order valence-electron chi connectivity index (χ4n) is 2.21. The van der Waals surface area contributed by atoms with E-state index in [1.165, 1.54) is 5.56 Å². The summed E-state index contributed by atoms with van der Waals surface area (Å²) in [5.74, 6) is 0.734. The molecule has 2 rings (SSSR count). The molecule has 2 N–H and O–H groups in total. The van der Waals surface area contributed by atoms with Crippen LogP contribution in [0.15, 0.2) is 42.6 Å². The predicted molar refractivity (Wildman–Crippen MR) is 96.6 cm³/mol. The van der Waals surface area contributed by atoms with E-state index >= 15 is 0 Å². The normalized spacial score (nSPS) is 11.6. The third-order valence-corrected chi connectivity index (χ3v) is 3.86. The lowest BCUT2D eigenvalue weighted by molar-refractivity contribution is 0.0934. The standard InChI is InChI=1S/C19H25N3O2/c1-4-14(2)22-19(23)18-9-8-16(13-21-18)20-11-10-15-6-5-7-17(12-15)24-3/h5-9,12-14,20H,4,10-11H2,1-3H3,(H,22,23). The highest BCUT2D eigenvalue weighted by molar-refractivity contribution is 5.92. The van der Waals surface area contributed by atoms with Crippen LogP contribution in [0.25, 0.3) is 0 Å². The van der Waals surface area contributed by atoms with Gasteiger partial charge in [-0.3, -0.25) is 4.79 Å². The molecule has 0 saturated carbocycles. The maximum absolute atomic E-state index is 12.0. The SMILES string of the molecule is CCC(C)NC(=O)c1ccc(NCCc2cccc(OC)c2)cn1. The molecule has 5 heteroatoms. The highest BCUT2D eigenvalue weighted by atomic mass is 16.5. The largest absolute Gasteiger partial charge is 0.497 e. The van der Waals surface area contributed by atoms with Crippen LogP contribution in [0.5, 0.6) is 5.75 Å². The lowest BCUT2D eigenvalue weighted by Gasteiger charge is -2.11. The second kappa shape index (κ2) is 8.91. The van der Waals surface area contributed by atoms with E-state index in [2.05, 4.69) is 21.7 Å². The van der Waals surface area contributed by atoms with Gasteiger partial charge < -0.3 is 15.4 Å². The Bertz CT molecular complexity index is 656. The molecule has 0 radical (unpaired) electrons. The van der Waals surface area contributed by atoms with Crippen molar-refractivity contribution in [3.05, 3.63) is 53.9 Å². The van der Waals surface area contributed by atoms with Crippen molar-refractivity contribution in [2.75, 3.05) is 19.0 Å². The Morgan fingerprint density at radius 3 is 2.79 bits per heavy atom. The number of hydrogen-bond donors (Lipinski definition) is 2. The Morgan fingerprint density at radius 2 is 2.12 bits per heavy atom. The van der Waals surface area contributed by atoms with Gasteiger partial charge in [-0.05, 0) is 49.6 Å². The molecule has 1 unspecified atom stereocenters. The summed E-state index contributed by atoms with van der Waals surface area (Å²) in [5.41, 5.74) is 2.55. The van der Waals surface area contributed by atoms with Crippen molar-refractivity contribution in [1.29, 1.82) is 0 Å². The molecule has 0 saturated heterocycles. The molecule has 5 nitrogen and oxygen atoms in total. The van der Waals surface area contributed by atoms with E-state index < -0.39 is 0 Å². The van der Waals surface area contributed by atoms with E-state index in [-0.39, 0.29) is 11.9 Å². The Kier molecular flexibility index (Phi) is 6.61. The zero-order chi connectivity index (χ0) is 17.4. The third-order valence-electron chi connectivity index (χ3n) is 3.86. The zero-order valence-electron chi connectivity index (χ0n) is 14.5. The topological polar surface area (TPSA) is 63.2 Å². The molecule has 0 aliphatic heterocycles. The van der Waals surface area contributed by atoms with Gasteiger partial charge in [0, 0.05) is 12.6 Å². The fourth-order valence-corrected chi connectivity index (χ4v) is 2.21. The third kappa shape index (κ3) is 5.26. The molecule has 128 valence electrons. The Hall–Kier alpha value is -2.56. The zero-order valence-corrected chi connectivity index (χ0v) is 14.5. The van der Waals surface area contributed by atoms with E-state index in [0.29, 0.717) is 5.69 Å². The lowest BCUT2D eigenvalue weighted by atomic mass is 10.1. The van der Waals surface area contributed by atoms with Gasteiger partial charge >= 0.3 is 0 Å². The van der Waals surface area contributed by atoms with E-state index in [9.17, 15) is 4.79 Å². The minimum Gasteiger partial charge on any atom is -0.497 e. The van der Waals surface area contributed by atoms with E-state index in [0.717, 1.165) is 30.8 Å². The van der Waals surface area contributed by atoms with Crippen LogP contribution in [0, 0.1) is 0 Å². The second-order valence-electron chi connectivity index (χ2n) is 5.74. The number of hydrogen-bond acceptors (Lipinski definition) is 4. The van der Waals surface area contributed by atoms with Gasteiger partial charge in [0.15, 0.2) is 0 Å². The number of amides is 1. The molecular formula is C19H25N3O2. The quantitative estimate of drug-likeness (QED) is 0.781. The van der Waals surface area contributed by atoms with Crippen LogP contribution in [0.2, 0.25) is 0 Å². The van der Waals surface area contributed by atoms with Gasteiger partial charge in [-0.2, -0.15) is 0 Å². The molecule has 0 aliphatic carbocycles. The first kappa shape index (κ1) is 17.8. The molecule has 1 amide bonds. The molecular weight excluding hydrogens is 302 g/mol. The van der Waals surface area contributed by atoms with Crippen molar-refractivity contribution >= 4 is 11.6 Å². The minimum absolute atomic E-state index is 0.132. The molecule has 1 aromatic carbocycles. The summed E-state index contributed by atoms with van der Waals surface area (Å²) < 4.78 is 5.22. The number of anilines is 1. The van der Waals surface area contributed by atoms with Crippen molar-refractivity contribution in [2.45, 2.75) is 32.7 Å². The number of ether oxygens (including phenoxy) is 1. The van der Waals surface area contributed by atoms with E-state index in [1.54, 1.807) is 19.4 Å². The van der Waals surface area contributed by atoms with Gasteiger partial charge in [-0.15, -0.1) is 0 Å². The highest BCUT2D eigenvalue weighted by Crippen LogP contribution is 2.13. The van der Waals surface area contributed by atoms with Crippen LogP contribution in [-0.4, -0.2) is 30.6 Å². The summed E-state index contributed by atoms with van der Waals surface area (Å²) >= 11 is 0. The van der Waals surface area contributed by atoms with Gasteiger partial charge in [0.2, 0.25) is 0 Å². The van der Waals surface area contributed by atoms with Crippen LogP contribution in [0.3, 0.4) is 0 Å². The monoisotopic (exact) mass is 327 g/mol. The first-order valence-corrected chi connectivity index (χ1v) is 8.26. The number of carbonyl (C=O) groups is 1. The second-order valence-corrected chi connectivity index (χ2v) is 5.74. The maximum Gasteiger partial charge on any atom is 0.270 e. The molecule has 1 aromatic heterocycles. The Morgan fingerprint density at radius 1 is 1.29 bits per heavy atom. The van der Waals surface area contributed by atoms with Gasteiger partial charge in [0.1, 0.15) is 11.4 Å². The molecule has 0 bridgehead atoms. The minimum atomic E-state index is -0.132. The molecule has 1 atom stereocenters. The number of nitrogens with zero attached hydrogens (tertiary/aromatic N) is 1. The molecule has 0 fully saturated rings. The summed E-state index contributed by atoms with van der Waals surface area (Å²) in [4.78, 5) is 16.2. The number of rotatable bonds is 8. The maximum atomic E-state index is 12.0. The van der Waals surface area contributed by atoms with Crippen LogP contribution in [0.1, 0.15) is 36.3 Å². The van der Waals surface area contributed by atoms with Crippen molar-refractivity contribution < 1.29 is 9.53 Å². The number of aromatic nitrogens is 1. The summed E-state index contributed by atoms with van der Waals surface area (Å²) in [5, 5.41) is 6.22. The fraction of sp³-hybridized carbons (Fsp3) is 0.368. The van der Waals surface area contributed by atoms with Crippen LogP contribution < -0.4 is 15.4 Å². The number of benzene rings is 1. The average Bonchev–Trinajstić information content (AvgIpc) is 2.62. The molecule has 0 aliphatic rings. The number of methoxy groups -OCH3 is 1.